The Balaban J connectivity index is 2.67. The minimum Gasteiger partial charge on any atom is -0.496 e. The van der Waals surface area contributed by atoms with Gasteiger partial charge in [0.2, 0.25) is 6.19 Å². The molecule has 0 aliphatic heterocycles. The van der Waals surface area contributed by atoms with E-state index in [2.05, 4.69) is 42.6 Å². The Kier molecular flexibility index (Phi) is 7.23. The number of unbranched alkanes of at least 4 members (excludes halogenated alkanes) is 1. The molecule has 0 saturated carbocycles. The Hall–Kier alpha value is -2.10. The van der Waals surface area contributed by atoms with Gasteiger partial charge in [0.15, 0.2) is 10.6 Å². The van der Waals surface area contributed by atoms with Gasteiger partial charge in [-0.1, -0.05) is 45.7 Å². The first-order chi connectivity index (χ1) is 12.8. The topological polar surface area (TPSA) is 62.7 Å². The molecule has 0 unspecified atom stereocenters. The highest BCUT2D eigenvalue weighted by molar-refractivity contribution is 7.07. The summed E-state index contributed by atoms with van der Waals surface area (Å²) in [7, 11) is 1.57. The van der Waals surface area contributed by atoms with Crippen molar-refractivity contribution in [1.82, 2.24) is 4.57 Å². The van der Waals surface area contributed by atoms with Crippen molar-refractivity contribution in [3.05, 3.63) is 44.7 Å². The maximum absolute atomic E-state index is 9.18. The molecule has 2 rings (SSSR count). The van der Waals surface area contributed by atoms with Crippen molar-refractivity contribution in [3.63, 3.8) is 0 Å². The van der Waals surface area contributed by atoms with Crippen LogP contribution in [0.2, 0.25) is 5.02 Å². The monoisotopic (exact) mass is 404 g/mol. The summed E-state index contributed by atoms with van der Waals surface area (Å²) < 4.78 is 7.63. The van der Waals surface area contributed by atoms with Gasteiger partial charge in [-0.05, 0) is 24.6 Å². The molecular weight excluding hydrogens is 380 g/mol. The third-order valence-corrected chi connectivity index (χ3v) is 5.16. The number of ether oxygens (including phenoxy) is 1. The first-order valence-corrected chi connectivity index (χ1v) is 10.1. The number of amidine groups is 1. The fourth-order valence-corrected chi connectivity index (χ4v) is 4.00. The maximum atomic E-state index is 9.18. The fourth-order valence-electron chi connectivity index (χ4n) is 2.68. The zero-order chi connectivity index (χ0) is 20.0. The summed E-state index contributed by atoms with van der Waals surface area (Å²) in [6.45, 7) is 9.60. The van der Waals surface area contributed by atoms with Crippen LogP contribution in [-0.2, 0) is 12.0 Å². The van der Waals surface area contributed by atoms with E-state index in [1.165, 1.54) is 5.69 Å². The van der Waals surface area contributed by atoms with Gasteiger partial charge in [0.25, 0.3) is 0 Å². The lowest BCUT2D eigenvalue weighted by Crippen LogP contribution is -2.25. The molecule has 0 aliphatic rings. The molecule has 0 N–H and O–H groups in total. The second kappa shape index (κ2) is 9.20. The molecule has 0 saturated heterocycles. The van der Waals surface area contributed by atoms with E-state index in [4.69, 9.17) is 21.3 Å². The van der Waals surface area contributed by atoms with Crippen molar-refractivity contribution >= 4 is 28.8 Å². The van der Waals surface area contributed by atoms with Gasteiger partial charge in [0, 0.05) is 28.1 Å². The van der Waals surface area contributed by atoms with Crippen LogP contribution in [0.1, 0.15) is 51.8 Å². The van der Waals surface area contributed by atoms with Gasteiger partial charge >= 0.3 is 0 Å². The minimum absolute atomic E-state index is 0.00170. The van der Waals surface area contributed by atoms with E-state index >= 15 is 0 Å². The number of aliphatic imine (C=N–C) groups is 1. The van der Waals surface area contributed by atoms with Crippen LogP contribution < -0.4 is 9.54 Å². The molecule has 5 nitrogen and oxygen atoms in total. The minimum atomic E-state index is -0.00170. The second-order valence-electron chi connectivity index (χ2n) is 7.15. The quantitative estimate of drug-likeness (QED) is 0.393. The molecular formula is C20H25ClN4OS. The van der Waals surface area contributed by atoms with Crippen molar-refractivity contribution in [2.24, 2.45) is 9.98 Å². The second-order valence-corrected chi connectivity index (χ2v) is 8.42. The molecule has 2 aromatic rings. The van der Waals surface area contributed by atoms with Crippen LogP contribution in [-0.4, -0.2) is 17.5 Å². The highest BCUT2D eigenvalue weighted by atomic mass is 35.5. The fraction of sp³-hybridized carbons (Fsp3) is 0.450. The number of hydrogen-bond acceptors (Lipinski definition) is 4. The molecule has 0 bridgehead atoms. The smallest absolute Gasteiger partial charge is 0.207 e. The van der Waals surface area contributed by atoms with E-state index in [0.717, 1.165) is 24.2 Å². The average molecular weight is 405 g/mol. The predicted molar refractivity (Wildman–Crippen MR) is 112 cm³/mol. The van der Waals surface area contributed by atoms with Crippen LogP contribution >= 0.6 is 22.9 Å². The summed E-state index contributed by atoms with van der Waals surface area (Å²) in [6.07, 6.45) is 3.99. The molecule has 0 spiro atoms. The van der Waals surface area contributed by atoms with Crippen molar-refractivity contribution in [2.45, 2.75) is 52.5 Å². The summed E-state index contributed by atoms with van der Waals surface area (Å²) in [5.41, 5.74) is 1.81. The summed E-state index contributed by atoms with van der Waals surface area (Å²) in [5.74, 6) is 0.870. The van der Waals surface area contributed by atoms with E-state index in [1.54, 1.807) is 36.6 Å². The van der Waals surface area contributed by atoms with E-state index in [1.807, 2.05) is 6.19 Å². The Labute approximate surface area is 169 Å². The first-order valence-electron chi connectivity index (χ1n) is 8.86. The number of halogens is 1. The molecule has 0 radical (unpaired) electrons. The Bertz CT molecular complexity index is 929. The third-order valence-electron chi connectivity index (χ3n) is 4.06. The lowest BCUT2D eigenvalue weighted by molar-refractivity contribution is 0.414. The predicted octanol–water partition coefficient (Wildman–Crippen LogP) is 5.14. The maximum Gasteiger partial charge on any atom is 0.207 e. The molecule has 1 aromatic carbocycles. The van der Waals surface area contributed by atoms with Crippen LogP contribution in [0, 0.1) is 11.5 Å². The van der Waals surface area contributed by atoms with Crippen LogP contribution in [0.25, 0.3) is 0 Å². The lowest BCUT2D eigenvalue weighted by Gasteiger charge is -2.21. The first kappa shape index (κ1) is 21.2. The normalized spacial score (nSPS) is 12.9. The number of thiazole rings is 1. The van der Waals surface area contributed by atoms with E-state index < -0.39 is 0 Å². The van der Waals surface area contributed by atoms with Crippen LogP contribution in [0.4, 0.5) is 0 Å². The zero-order valence-corrected chi connectivity index (χ0v) is 18.0. The number of hydrogen-bond donors (Lipinski definition) is 0. The van der Waals surface area contributed by atoms with E-state index in [-0.39, 0.29) is 5.41 Å². The summed E-state index contributed by atoms with van der Waals surface area (Å²) >= 11 is 7.70. The lowest BCUT2D eigenvalue weighted by atomic mass is 9.93. The van der Waals surface area contributed by atoms with Gasteiger partial charge in [-0.2, -0.15) is 15.2 Å². The highest BCUT2D eigenvalue weighted by Crippen LogP contribution is 2.25. The van der Waals surface area contributed by atoms with Crippen LogP contribution in [0.15, 0.2) is 33.6 Å². The largest absolute Gasteiger partial charge is 0.496 e. The van der Waals surface area contributed by atoms with Gasteiger partial charge < -0.3 is 9.30 Å². The number of nitrogens with zero attached hydrogens (tertiary/aromatic N) is 4. The van der Waals surface area contributed by atoms with Gasteiger partial charge in [-0.15, -0.1) is 11.3 Å². The SMILES string of the molecule is CCCCn1c(C(C)(C)C)cs/c1=N\C(=N\C#N)c1cc(Cl)ccc1OC. The summed E-state index contributed by atoms with van der Waals surface area (Å²) in [6, 6.07) is 5.20. The summed E-state index contributed by atoms with van der Waals surface area (Å²) in [4.78, 5) is 9.48. The van der Waals surface area contributed by atoms with Crippen LogP contribution in [0.3, 0.4) is 0 Å². The Morgan fingerprint density at radius 3 is 2.70 bits per heavy atom. The third kappa shape index (κ3) is 5.21. The number of aromatic nitrogens is 1. The van der Waals surface area contributed by atoms with Crippen LogP contribution in [0.5, 0.6) is 5.75 Å². The number of benzene rings is 1. The molecule has 1 heterocycles. The number of methoxy groups -OCH3 is 1. The Morgan fingerprint density at radius 2 is 2.11 bits per heavy atom. The number of nitriles is 1. The van der Waals surface area contributed by atoms with Gasteiger partial charge in [0.05, 0.1) is 12.7 Å². The molecule has 1 aromatic heterocycles. The average Bonchev–Trinajstić information content (AvgIpc) is 3.02. The molecule has 0 aliphatic carbocycles. The molecule has 144 valence electrons. The zero-order valence-electron chi connectivity index (χ0n) is 16.4. The van der Waals surface area contributed by atoms with Gasteiger partial charge in [-0.25, -0.2) is 0 Å². The van der Waals surface area contributed by atoms with E-state index in [9.17, 15) is 5.26 Å². The Morgan fingerprint density at radius 1 is 1.37 bits per heavy atom. The molecule has 0 amide bonds. The van der Waals surface area contributed by atoms with E-state index in [0.29, 0.717) is 22.2 Å². The molecule has 27 heavy (non-hydrogen) atoms. The molecule has 7 heteroatoms. The molecule has 0 fully saturated rings. The van der Waals surface area contributed by atoms with Gasteiger partial charge in [0.1, 0.15) is 5.75 Å². The van der Waals surface area contributed by atoms with Crippen molar-refractivity contribution in [3.8, 4) is 11.9 Å². The highest BCUT2D eigenvalue weighted by Gasteiger charge is 2.20. The van der Waals surface area contributed by atoms with Crippen molar-refractivity contribution < 1.29 is 4.74 Å². The van der Waals surface area contributed by atoms with Crippen molar-refractivity contribution in [1.29, 1.82) is 5.26 Å². The summed E-state index contributed by atoms with van der Waals surface area (Å²) in [5, 5.41) is 11.8. The van der Waals surface area contributed by atoms with Crippen molar-refractivity contribution in [2.75, 3.05) is 7.11 Å². The molecule has 0 atom stereocenters. The number of rotatable bonds is 5. The standard InChI is InChI=1S/C20H25ClN4OS/c1-6-7-10-25-17(20(2,3)4)12-27-19(25)24-18(23-13-22)15-11-14(21)8-9-16(15)26-5/h8-9,11-12H,6-7,10H2,1-5H3/b23-18+,24-19-. The van der Waals surface area contributed by atoms with Gasteiger partial charge in [-0.3, -0.25) is 0 Å².